The zero-order valence-corrected chi connectivity index (χ0v) is 18.2. The van der Waals surface area contributed by atoms with Gasteiger partial charge in [0.25, 0.3) is 5.78 Å². The largest absolute Gasteiger partial charge is 0.497 e. The third-order valence-corrected chi connectivity index (χ3v) is 5.77. The van der Waals surface area contributed by atoms with E-state index in [0.29, 0.717) is 5.78 Å². The summed E-state index contributed by atoms with van der Waals surface area (Å²) >= 11 is 0. The van der Waals surface area contributed by atoms with Gasteiger partial charge in [0.05, 0.1) is 19.9 Å². The van der Waals surface area contributed by atoms with E-state index < -0.39 is 0 Å². The van der Waals surface area contributed by atoms with Crippen molar-refractivity contribution in [1.29, 1.82) is 0 Å². The van der Waals surface area contributed by atoms with Crippen LogP contribution in [-0.4, -0.2) is 52.9 Å². The average Bonchev–Trinajstić information content (AvgIpc) is 3.32. The summed E-state index contributed by atoms with van der Waals surface area (Å²) in [4.78, 5) is 11.4. The van der Waals surface area contributed by atoms with Crippen molar-refractivity contribution >= 4 is 17.3 Å². The number of aromatic nitrogens is 4. The molecule has 3 heterocycles. The number of nitrogens with one attached hydrogen (secondary N) is 1. The van der Waals surface area contributed by atoms with E-state index >= 15 is 0 Å². The molecule has 1 aliphatic rings. The first-order valence-corrected chi connectivity index (χ1v) is 10.7. The van der Waals surface area contributed by atoms with Crippen molar-refractivity contribution in [1.82, 2.24) is 19.6 Å². The minimum Gasteiger partial charge on any atom is -0.497 e. The molecule has 1 fully saturated rings. The van der Waals surface area contributed by atoms with Gasteiger partial charge in [-0.3, -0.25) is 0 Å². The van der Waals surface area contributed by atoms with Crippen LogP contribution in [-0.2, 0) is 0 Å². The lowest BCUT2D eigenvalue weighted by Gasteiger charge is -2.35. The lowest BCUT2D eigenvalue weighted by atomic mass is 10.0. The standard InChI is InChI=1S/C24H26N6O2/c1-31-20-11-19(12-21(13-20)32-2)27-18-9-6-10-29(15-18)23-14-22(17-7-4-3-5-8-17)28-24-25-16-26-30(23)24/h3-5,7-8,11-14,16,18,27H,6,9-10,15H2,1-2H3. The monoisotopic (exact) mass is 430 g/mol. The number of fused-ring (bicyclic) bond motifs is 1. The van der Waals surface area contributed by atoms with Gasteiger partial charge in [-0.2, -0.15) is 14.6 Å². The van der Waals surface area contributed by atoms with E-state index in [9.17, 15) is 0 Å². The van der Waals surface area contributed by atoms with E-state index in [4.69, 9.17) is 14.5 Å². The normalized spacial score (nSPS) is 16.2. The van der Waals surface area contributed by atoms with Gasteiger partial charge in [-0.05, 0) is 12.8 Å². The molecule has 1 unspecified atom stereocenters. The number of nitrogens with zero attached hydrogens (tertiary/aromatic N) is 5. The average molecular weight is 431 g/mol. The number of ether oxygens (including phenoxy) is 2. The molecule has 5 rings (SSSR count). The molecule has 32 heavy (non-hydrogen) atoms. The van der Waals surface area contributed by atoms with E-state index in [2.05, 4.69) is 38.5 Å². The van der Waals surface area contributed by atoms with Crippen molar-refractivity contribution in [3.8, 4) is 22.8 Å². The summed E-state index contributed by atoms with van der Waals surface area (Å²) in [5.74, 6) is 3.14. The van der Waals surface area contributed by atoms with Crippen molar-refractivity contribution in [3.63, 3.8) is 0 Å². The number of hydrogen-bond donors (Lipinski definition) is 1. The van der Waals surface area contributed by atoms with Crippen LogP contribution in [0.5, 0.6) is 11.5 Å². The molecule has 0 bridgehead atoms. The van der Waals surface area contributed by atoms with Gasteiger partial charge >= 0.3 is 0 Å². The molecule has 0 amide bonds. The molecule has 0 saturated carbocycles. The molecule has 8 heteroatoms. The van der Waals surface area contributed by atoms with Gasteiger partial charge in [0, 0.05) is 54.6 Å². The summed E-state index contributed by atoms with van der Waals surface area (Å²) in [5.41, 5.74) is 2.95. The molecule has 0 radical (unpaired) electrons. The Morgan fingerprint density at radius 3 is 2.53 bits per heavy atom. The molecule has 0 aliphatic carbocycles. The second-order valence-corrected chi connectivity index (χ2v) is 7.87. The first kappa shape index (κ1) is 20.1. The minimum atomic E-state index is 0.271. The summed E-state index contributed by atoms with van der Waals surface area (Å²) in [7, 11) is 3.33. The number of benzene rings is 2. The van der Waals surface area contributed by atoms with Gasteiger partial charge in [-0.15, -0.1) is 0 Å². The van der Waals surface area contributed by atoms with Crippen LogP contribution >= 0.6 is 0 Å². The second kappa shape index (κ2) is 8.74. The fourth-order valence-electron chi connectivity index (χ4n) is 4.21. The Balaban J connectivity index is 1.43. The lowest BCUT2D eigenvalue weighted by Crippen LogP contribution is -2.43. The number of methoxy groups -OCH3 is 2. The Bertz CT molecular complexity index is 1190. The van der Waals surface area contributed by atoms with Crippen molar-refractivity contribution in [2.45, 2.75) is 18.9 Å². The smallest absolute Gasteiger partial charge is 0.254 e. The zero-order valence-electron chi connectivity index (χ0n) is 18.2. The van der Waals surface area contributed by atoms with Crippen LogP contribution in [0.25, 0.3) is 17.0 Å². The Morgan fingerprint density at radius 1 is 1.00 bits per heavy atom. The topological polar surface area (TPSA) is 76.8 Å². The molecule has 2 aromatic heterocycles. The van der Waals surface area contributed by atoms with E-state index in [1.165, 1.54) is 0 Å². The summed E-state index contributed by atoms with van der Waals surface area (Å²) in [5, 5.41) is 8.09. The van der Waals surface area contributed by atoms with E-state index in [1.54, 1.807) is 20.5 Å². The van der Waals surface area contributed by atoms with Crippen LogP contribution in [0, 0.1) is 0 Å². The first-order chi connectivity index (χ1) is 15.7. The zero-order chi connectivity index (χ0) is 21.9. The first-order valence-electron chi connectivity index (χ1n) is 10.7. The van der Waals surface area contributed by atoms with Crippen molar-refractivity contribution in [3.05, 3.63) is 60.9 Å². The van der Waals surface area contributed by atoms with Gasteiger partial charge in [0.2, 0.25) is 0 Å². The van der Waals surface area contributed by atoms with Crippen LogP contribution in [0.2, 0.25) is 0 Å². The highest BCUT2D eigenvalue weighted by atomic mass is 16.5. The summed E-state index contributed by atoms with van der Waals surface area (Å²) in [6, 6.07) is 18.4. The number of piperidine rings is 1. The highest BCUT2D eigenvalue weighted by Crippen LogP contribution is 2.29. The molecule has 164 valence electrons. The number of anilines is 2. The molecule has 0 spiro atoms. The predicted molar refractivity (Wildman–Crippen MR) is 125 cm³/mol. The van der Waals surface area contributed by atoms with Gasteiger partial charge < -0.3 is 19.7 Å². The molecule has 8 nitrogen and oxygen atoms in total. The molecule has 1 saturated heterocycles. The fourth-order valence-corrected chi connectivity index (χ4v) is 4.21. The molecular weight excluding hydrogens is 404 g/mol. The molecule has 1 N–H and O–H groups in total. The highest BCUT2D eigenvalue weighted by Gasteiger charge is 2.23. The van der Waals surface area contributed by atoms with Crippen LogP contribution in [0.15, 0.2) is 60.9 Å². The molecular formula is C24H26N6O2. The quantitative estimate of drug-likeness (QED) is 0.497. The minimum absolute atomic E-state index is 0.271. The van der Waals surface area contributed by atoms with E-state index in [0.717, 1.165) is 60.2 Å². The third-order valence-electron chi connectivity index (χ3n) is 5.77. The second-order valence-electron chi connectivity index (χ2n) is 7.87. The highest BCUT2D eigenvalue weighted by molar-refractivity contribution is 5.66. The molecule has 1 aliphatic heterocycles. The predicted octanol–water partition coefficient (Wildman–Crippen LogP) is 3.89. The Hall–Kier alpha value is -3.81. The van der Waals surface area contributed by atoms with Gasteiger partial charge in [0.1, 0.15) is 23.6 Å². The van der Waals surface area contributed by atoms with E-state index in [-0.39, 0.29) is 6.04 Å². The Kier molecular flexibility index (Phi) is 5.49. The SMILES string of the molecule is COc1cc(NC2CCCN(c3cc(-c4ccccc4)nc4ncnn34)C2)cc(OC)c1. The van der Waals surface area contributed by atoms with Crippen LogP contribution in [0.1, 0.15) is 12.8 Å². The maximum atomic E-state index is 5.42. The van der Waals surface area contributed by atoms with Crippen molar-refractivity contribution in [2.24, 2.45) is 0 Å². The van der Waals surface area contributed by atoms with Crippen LogP contribution in [0.3, 0.4) is 0 Å². The van der Waals surface area contributed by atoms with Gasteiger partial charge in [0.15, 0.2) is 0 Å². The Labute approximate surface area is 186 Å². The molecule has 4 aromatic rings. The Morgan fingerprint density at radius 2 is 1.78 bits per heavy atom. The molecule has 2 aromatic carbocycles. The van der Waals surface area contributed by atoms with E-state index in [1.807, 2.05) is 40.9 Å². The lowest BCUT2D eigenvalue weighted by molar-refractivity contribution is 0.394. The third kappa shape index (κ3) is 4.03. The van der Waals surface area contributed by atoms with Crippen molar-refractivity contribution < 1.29 is 9.47 Å². The van der Waals surface area contributed by atoms with Gasteiger partial charge in [-0.1, -0.05) is 30.3 Å². The summed E-state index contributed by atoms with van der Waals surface area (Å²) in [6.07, 6.45) is 3.70. The summed E-state index contributed by atoms with van der Waals surface area (Å²) in [6.45, 7) is 1.79. The maximum Gasteiger partial charge on any atom is 0.254 e. The fraction of sp³-hybridized carbons (Fsp3) is 0.292. The van der Waals surface area contributed by atoms with Gasteiger partial charge in [-0.25, -0.2) is 4.98 Å². The van der Waals surface area contributed by atoms with Crippen LogP contribution in [0.4, 0.5) is 11.5 Å². The number of hydrogen-bond acceptors (Lipinski definition) is 7. The number of rotatable bonds is 6. The maximum absolute atomic E-state index is 5.42. The van der Waals surface area contributed by atoms with Crippen LogP contribution < -0.4 is 19.7 Å². The summed E-state index contributed by atoms with van der Waals surface area (Å²) < 4.78 is 12.7. The molecule has 1 atom stereocenters. The van der Waals surface area contributed by atoms with Crippen molar-refractivity contribution in [2.75, 3.05) is 37.5 Å².